The zero-order valence-corrected chi connectivity index (χ0v) is 9.36. The van der Waals surface area contributed by atoms with Crippen molar-refractivity contribution in [3.63, 3.8) is 0 Å². The Bertz CT molecular complexity index is 351. The van der Waals surface area contributed by atoms with Gasteiger partial charge in [0.2, 0.25) is 0 Å². The van der Waals surface area contributed by atoms with E-state index in [2.05, 4.69) is 18.0 Å². The second-order valence-corrected chi connectivity index (χ2v) is 3.94. The van der Waals surface area contributed by atoms with Crippen molar-refractivity contribution in [1.29, 1.82) is 0 Å². The van der Waals surface area contributed by atoms with Crippen LogP contribution in [0.3, 0.4) is 0 Å². The molecule has 0 radical (unpaired) electrons. The standard InChI is InChI=1S/C12H18N2O/c1-3-15-11-6-4-5-10-9(7-13)8-14(2)12(10)11/h4-6,9H,3,7-8,13H2,1-2H3. The van der Waals surface area contributed by atoms with E-state index in [1.165, 1.54) is 11.3 Å². The van der Waals surface area contributed by atoms with Gasteiger partial charge in [-0.25, -0.2) is 0 Å². The van der Waals surface area contributed by atoms with Crippen LogP contribution in [0.15, 0.2) is 18.2 Å². The Morgan fingerprint density at radius 3 is 3.00 bits per heavy atom. The number of ether oxygens (including phenoxy) is 1. The molecule has 82 valence electrons. The molecule has 0 fully saturated rings. The Morgan fingerprint density at radius 1 is 1.53 bits per heavy atom. The van der Waals surface area contributed by atoms with Crippen LogP contribution >= 0.6 is 0 Å². The van der Waals surface area contributed by atoms with Crippen LogP contribution < -0.4 is 15.4 Å². The maximum Gasteiger partial charge on any atom is 0.142 e. The average Bonchev–Trinajstić information content (AvgIpc) is 2.57. The van der Waals surface area contributed by atoms with E-state index < -0.39 is 0 Å². The minimum absolute atomic E-state index is 0.449. The highest BCUT2D eigenvalue weighted by Gasteiger charge is 2.27. The van der Waals surface area contributed by atoms with Gasteiger partial charge in [-0.3, -0.25) is 0 Å². The number of likely N-dealkylation sites (N-methyl/N-ethyl adjacent to an activating group) is 1. The molecule has 0 amide bonds. The second kappa shape index (κ2) is 4.11. The van der Waals surface area contributed by atoms with Crippen LogP contribution in [0.25, 0.3) is 0 Å². The van der Waals surface area contributed by atoms with E-state index in [-0.39, 0.29) is 0 Å². The first-order valence-electron chi connectivity index (χ1n) is 5.44. The molecule has 0 saturated carbocycles. The van der Waals surface area contributed by atoms with Crippen molar-refractivity contribution in [1.82, 2.24) is 0 Å². The minimum atomic E-state index is 0.449. The third-order valence-electron chi connectivity index (χ3n) is 2.93. The molecule has 1 aliphatic heterocycles. The van der Waals surface area contributed by atoms with Gasteiger partial charge < -0.3 is 15.4 Å². The largest absolute Gasteiger partial charge is 0.492 e. The van der Waals surface area contributed by atoms with Crippen molar-refractivity contribution in [3.8, 4) is 5.75 Å². The third-order valence-corrected chi connectivity index (χ3v) is 2.93. The molecule has 0 aliphatic carbocycles. The highest BCUT2D eigenvalue weighted by atomic mass is 16.5. The topological polar surface area (TPSA) is 38.5 Å². The van der Waals surface area contributed by atoms with Gasteiger partial charge in [-0.1, -0.05) is 12.1 Å². The molecule has 1 unspecified atom stereocenters. The predicted octanol–water partition coefficient (Wildman–Crippen LogP) is 1.58. The van der Waals surface area contributed by atoms with Gasteiger partial charge >= 0.3 is 0 Å². The number of para-hydroxylation sites is 1. The molecule has 0 bridgehead atoms. The first-order valence-corrected chi connectivity index (χ1v) is 5.44. The van der Waals surface area contributed by atoms with Crippen LogP contribution in [0, 0.1) is 0 Å². The number of nitrogens with zero attached hydrogens (tertiary/aromatic N) is 1. The molecule has 0 spiro atoms. The Hall–Kier alpha value is -1.22. The van der Waals surface area contributed by atoms with Crippen molar-refractivity contribution >= 4 is 5.69 Å². The van der Waals surface area contributed by atoms with Crippen molar-refractivity contribution in [2.75, 3.05) is 31.6 Å². The van der Waals surface area contributed by atoms with Crippen LogP contribution in [0.2, 0.25) is 0 Å². The minimum Gasteiger partial charge on any atom is -0.492 e. The van der Waals surface area contributed by atoms with E-state index in [9.17, 15) is 0 Å². The number of fused-ring (bicyclic) bond motifs is 1. The van der Waals surface area contributed by atoms with Gasteiger partial charge in [0.05, 0.1) is 12.3 Å². The summed E-state index contributed by atoms with van der Waals surface area (Å²) in [6.07, 6.45) is 0. The first kappa shape index (κ1) is 10.3. The molecule has 1 aromatic carbocycles. The zero-order valence-electron chi connectivity index (χ0n) is 9.36. The first-order chi connectivity index (χ1) is 7.27. The maximum atomic E-state index is 5.77. The summed E-state index contributed by atoms with van der Waals surface area (Å²) in [5, 5.41) is 0. The van der Waals surface area contributed by atoms with Crippen LogP contribution in [0.4, 0.5) is 5.69 Å². The molecule has 1 heterocycles. The molecule has 2 rings (SSSR count). The SMILES string of the molecule is CCOc1cccc2c1N(C)CC2CN. The monoisotopic (exact) mass is 206 g/mol. The molecule has 2 N–H and O–H groups in total. The quantitative estimate of drug-likeness (QED) is 0.816. The molecule has 0 aromatic heterocycles. The van der Waals surface area contributed by atoms with Crippen molar-refractivity contribution in [3.05, 3.63) is 23.8 Å². The molecular formula is C12H18N2O. The van der Waals surface area contributed by atoms with Crippen LogP contribution in [0.5, 0.6) is 5.75 Å². The fourth-order valence-corrected chi connectivity index (χ4v) is 2.27. The number of nitrogens with two attached hydrogens (primary N) is 1. The normalized spacial score (nSPS) is 19.1. The maximum absolute atomic E-state index is 5.77. The molecule has 1 aliphatic rings. The summed E-state index contributed by atoms with van der Waals surface area (Å²) in [5.74, 6) is 1.43. The van der Waals surface area contributed by atoms with Crippen LogP contribution in [0.1, 0.15) is 18.4 Å². The summed E-state index contributed by atoms with van der Waals surface area (Å²) in [4.78, 5) is 2.23. The lowest BCUT2D eigenvalue weighted by molar-refractivity contribution is 0.341. The number of benzene rings is 1. The van der Waals surface area contributed by atoms with Crippen LogP contribution in [-0.4, -0.2) is 26.7 Å². The summed E-state index contributed by atoms with van der Waals surface area (Å²) in [7, 11) is 2.09. The fourth-order valence-electron chi connectivity index (χ4n) is 2.27. The number of hydrogen-bond donors (Lipinski definition) is 1. The lowest BCUT2D eigenvalue weighted by Crippen LogP contribution is -2.20. The molecule has 3 heteroatoms. The van der Waals surface area contributed by atoms with Gasteiger partial charge in [-0.05, 0) is 18.6 Å². The third kappa shape index (κ3) is 1.67. The van der Waals surface area contributed by atoms with E-state index in [4.69, 9.17) is 10.5 Å². The smallest absolute Gasteiger partial charge is 0.142 e. The summed E-state index contributed by atoms with van der Waals surface area (Å²) in [6.45, 7) is 4.41. The zero-order chi connectivity index (χ0) is 10.8. The molecule has 15 heavy (non-hydrogen) atoms. The fraction of sp³-hybridized carbons (Fsp3) is 0.500. The lowest BCUT2D eigenvalue weighted by atomic mass is 10.0. The molecule has 1 atom stereocenters. The van der Waals surface area contributed by atoms with Crippen molar-refractivity contribution in [2.45, 2.75) is 12.8 Å². The average molecular weight is 206 g/mol. The molecule has 1 aromatic rings. The van der Waals surface area contributed by atoms with E-state index in [1.54, 1.807) is 0 Å². The summed E-state index contributed by atoms with van der Waals surface area (Å²) < 4.78 is 5.63. The van der Waals surface area contributed by atoms with E-state index >= 15 is 0 Å². The summed E-state index contributed by atoms with van der Waals surface area (Å²) in [5.41, 5.74) is 8.31. The van der Waals surface area contributed by atoms with Gasteiger partial charge in [0, 0.05) is 26.1 Å². The van der Waals surface area contributed by atoms with Gasteiger partial charge in [0.1, 0.15) is 5.75 Å². The number of hydrogen-bond acceptors (Lipinski definition) is 3. The molecule has 0 saturated heterocycles. The van der Waals surface area contributed by atoms with Crippen molar-refractivity contribution < 1.29 is 4.74 Å². The number of rotatable bonds is 3. The van der Waals surface area contributed by atoms with Gasteiger partial charge in [-0.2, -0.15) is 0 Å². The Balaban J connectivity index is 2.42. The predicted molar refractivity (Wildman–Crippen MR) is 62.7 cm³/mol. The highest BCUT2D eigenvalue weighted by Crippen LogP contribution is 2.41. The molecular weight excluding hydrogens is 188 g/mol. The van der Waals surface area contributed by atoms with E-state index in [1.807, 2.05) is 19.1 Å². The Labute approximate surface area is 90.8 Å². The van der Waals surface area contributed by atoms with Crippen molar-refractivity contribution in [2.24, 2.45) is 5.73 Å². The van der Waals surface area contributed by atoms with Gasteiger partial charge in [-0.15, -0.1) is 0 Å². The lowest BCUT2D eigenvalue weighted by Gasteiger charge is -2.16. The Kier molecular flexibility index (Phi) is 2.82. The summed E-state index contributed by atoms with van der Waals surface area (Å²) >= 11 is 0. The Morgan fingerprint density at radius 2 is 2.33 bits per heavy atom. The van der Waals surface area contributed by atoms with E-state index in [0.29, 0.717) is 19.1 Å². The van der Waals surface area contributed by atoms with Crippen LogP contribution in [-0.2, 0) is 0 Å². The van der Waals surface area contributed by atoms with Gasteiger partial charge in [0.15, 0.2) is 0 Å². The molecule has 3 nitrogen and oxygen atoms in total. The van der Waals surface area contributed by atoms with Gasteiger partial charge in [0.25, 0.3) is 0 Å². The second-order valence-electron chi connectivity index (χ2n) is 3.94. The number of anilines is 1. The van der Waals surface area contributed by atoms with E-state index in [0.717, 1.165) is 12.3 Å². The highest BCUT2D eigenvalue weighted by molar-refractivity contribution is 5.68. The summed E-state index contributed by atoms with van der Waals surface area (Å²) in [6, 6.07) is 6.22.